The standard InChI is InChI=1S/C22H29N3O2/c1-14-3-5-19(6-4-14)21(27)25-24-15(2)7-20(26)23-22-11-16-8-17(12-22)10-18(9-16)13-22/h3-6,16-18H,7-13H2,1-2H3,(H,23,26)(H,25,27)/b24-15-. The third-order valence-corrected chi connectivity index (χ3v) is 6.52. The monoisotopic (exact) mass is 367 g/mol. The molecule has 0 saturated heterocycles. The Balaban J connectivity index is 1.31. The van der Waals surface area contributed by atoms with E-state index in [1.54, 1.807) is 19.1 Å². The van der Waals surface area contributed by atoms with Gasteiger partial charge in [-0.2, -0.15) is 5.10 Å². The van der Waals surface area contributed by atoms with Crippen molar-refractivity contribution in [3.63, 3.8) is 0 Å². The Morgan fingerprint density at radius 3 is 2.15 bits per heavy atom. The minimum atomic E-state index is -0.254. The van der Waals surface area contributed by atoms with Crippen LogP contribution in [0.15, 0.2) is 29.4 Å². The lowest BCUT2D eigenvalue weighted by atomic mass is 9.53. The highest BCUT2D eigenvalue weighted by Crippen LogP contribution is 2.55. The molecule has 4 fully saturated rings. The molecule has 4 aliphatic carbocycles. The number of carbonyl (C=O) groups is 2. The quantitative estimate of drug-likeness (QED) is 0.617. The summed E-state index contributed by atoms with van der Waals surface area (Å²) in [6, 6.07) is 7.33. The SMILES string of the molecule is C/C(CC(=O)NC12CC3CC(CC(C3)C1)C2)=N/NC(=O)c1ccc(C)cc1. The maximum absolute atomic E-state index is 12.6. The molecule has 4 saturated carbocycles. The molecule has 5 heteroatoms. The number of hydrazone groups is 1. The Kier molecular flexibility index (Phi) is 4.79. The lowest BCUT2D eigenvalue weighted by Crippen LogP contribution is -2.60. The summed E-state index contributed by atoms with van der Waals surface area (Å²) in [6.07, 6.45) is 7.75. The summed E-state index contributed by atoms with van der Waals surface area (Å²) < 4.78 is 0. The fourth-order valence-electron chi connectivity index (χ4n) is 5.79. The molecule has 5 nitrogen and oxygen atoms in total. The van der Waals surface area contributed by atoms with Gasteiger partial charge < -0.3 is 5.32 Å². The number of aryl methyl sites for hydroxylation is 1. The maximum atomic E-state index is 12.6. The van der Waals surface area contributed by atoms with Crippen molar-refractivity contribution in [2.45, 2.75) is 64.3 Å². The van der Waals surface area contributed by atoms with Crippen molar-refractivity contribution in [3.05, 3.63) is 35.4 Å². The minimum Gasteiger partial charge on any atom is -0.350 e. The third kappa shape index (κ3) is 4.07. The van der Waals surface area contributed by atoms with E-state index in [0.717, 1.165) is 42.6 Å². The first kappa shape index (κ1) is 18.2. The number of hydrogen-bond acceptors (Lipinski definition) is 3. The van der Waals surface area contributed by atoms with Gasteiger partial charge in [-0.3, -0.25) is 9.59 Å². The second-order valence-corrected chi connectivity index (χ2v) is 9.08. The van der Waals surface area contributed by atoms with Crippen LogP contribution in [0.2, 0.25) is 0 Å². The van der Waals surface area contributed by atoms with Crippen molar-refractivity contribution < 1.29 is 9.59 Å². The number of nitrogens with one attached hydrogen (secondary N) is 2. The topological polar surface area (TPSA) is 70.6 Å². The van der Waals surface area contributed by atoms with Gasteiger partial charge in [0.2, 0.25) is 5.91 Å². The van der Waals surface area contributed by atoms with Crippen LogP contribution in [0.1, 0.15) is 67.8 Å². The van der Waals surface area contributed by atoms with Crippen LogP contribution in [-0.4, -0.2) is 23.1 Å². The molecule has 0 radical (unpaired) electrons. The van der Waals surface area contributed by atoms with Gasteiger partial charge in [0.15, 0.2) is 0 Å². The molecule has 2 N–H and O–H groups in total. The number of hydrogen-bond donors (Lipinski definition) is 2. The molecule has 4 bridgehead atoms. The molecular formula is C22H29N3O2. The Bertz CT molecular complexity index is 731. The number of nitrogens with zero attached hydrogens (tertiary/aromatic N) is 1. The Morgan fingerprint density at radius 1 is 1.04 bits per heavy atom. The van der Waals surface area contributed by atoms with E-state index >= 15 is 0 Å². The molecule has 2 amide bonds. The molecular weight excluding hydrogens is 338 g/mol. The van der Waals surface area contributed by atoms with Gasteiger partial charge in [0.1, 0.15) is 0 Å². The molecule has 1 aromatic carbocycles. The summed E-state index contributed by atoms with van der Waals surface area (Å²) >= 11 is 0. The van der Waals surface area contributed by atoms with Gasteiger partial charge in [-0.25, -0.2) is 5.43 Å². The predicted molar refractivity (Wildman–Crippen MR) is 105 cm³/mol. The molecule has 0 unspecified atom stereocenters. The molecule has 5 rings (SSSR count). The van der Waals surface area contributed by atoms with Gasteiger partial charge in [-0.05, 0) is 82.3 Å². The van der Waals surface area contributed by atoms with Crippen LogP contribution < -0.4 is 10.7 Å². The normalized spacial score (nSPS) is 31.6. The summed E-state index contributed by atoms with van der Waals surface area (Å²) in [6.45, 7) is 3.76. The average molecular weight is 367 g/mol. The van der Waals surface area contributed by atoms with Gasteiger partial charge in [-0.1, -0.05) is 17.7 Å². The molecule has 27 heavy (non-hydrogen) atoms. The Hall–Kier alpha value is -2.17. The lowest BCUT2D eigenvalue weighted by molar-refractivity contribution is -0.125. The summed E-state index contributed by atoms with van der Waals surface area (Å²) in [5.74, 6) is 2.19. The lowest BCUT2D eigenvalue weighted by Gasteiger charge is -2.56. The van der Waals surface area contributed by atoms with Crippen LogP contribution >= 0.6 is 0 Å². The van der Waals surface area contributed by atoms with Crippen molar-refractivity contribution in [2.24, 2.45) is 22.9 Å². The minimum absolute atomic E-state index is 0.0251. The molecule has 0 heterocycles. The zero-order valence-corrected chi connectivity index (χ0v) is 16.3. The fourth-order valence-corrected chi connectivity index (χ4v) is 5.79. The van der Waals surface area contributed by atoms with E-state index in [-0.39, 0.29) is 23.8 Å². The molecule has 4 aliphatic rings. The van der Waals surface area contributed by atoms with Crippen molar-refractivity contribution in [3.8, 4) is 0 Å². The van der Waals surface area contributed by atoms with Crippen LogP contribution in [0.3, 0.4) is 0 Å². The number of amides is 2. The van der Waals surface area contributed by atoms with Crippen LogP contribution in [0, 0.1) is 24.7 Å². The van der Waals surface area contributed by atoms with Crippen LogP contribution in [0.4, 0.5) is 0 Å². The summed E-state index contributed by atoms with van der Waals surface area (Å²) in [5.41, 5.74) is 4.87. The molecule has 0 aromatic heterocycles. The van der Waals surface area contributed by atoms with Crippen LogP contribution in [0.5, 0.6) is 0 Å². The highest BCUT2D eigenvalue weighted by Gasteiger charge is 2.51. The number of benzene rings is 1. The second-order valence-electron chi connectivity index (χ2n) is 9.08. The molecule has 144 valence electrons. The van der Waals surface area contributed by atoms with E-state index in [1.807, 2.05) is 19.1 Å². The Labute approximate surface area is 161 Å². The molecule has 1 aromatic rings. The summed E-state index contributed by atoms with van der Waals surface area (Å²) in [7, 11) is 0. The van der Waals surface area contributed by atoms with Crippen molar-refractivity contribution in [1.29, 1.82) is 0 Å². The van der Waals surface area contributed by atoms with Gasteiger partial charge in [0.25, 0.3) is 5.91 Å². The van der Waals surface area contributed by atoms with E-state index < -0.39 is 0 Å². The highest BCUT2D eigenvalue weighted by atomic mass is 16.2. The maximum Gasteiger partial charge on any atom is 0.271 e. The first-order valence-corrected chi connectivity index (χ1v) is 10.1. The van der Waals surface area contributed by atoms with Gasteiger partial charge in [0, 0.05) is 16.8 Å². The van der Waals surface area contributed by atoms with E-state index in [1.165, 1.54) is 19.3 Å². The summed E-state index contributed by atoms with van der Waals surface area (Å²) in [5, 5.41) is 7.46. The van der Waals surface area contributed by atoms with Gasteiger partial charge >= 0.3 is 0 Å². The zero-order chi connectivity index (χ0) is 19.0. The predicted octanol–water partition coefficient (Wildman–Crippen LogP) is 3.58. The van der Waals surface area contributed by atoms with Crippen LogP contribution in [0.25, 0.3) is 0 Å². The van der Waals surface area contributed by atoms with Crippen molar-refractivity contribution in [1.82, 2.24) is 10.7 Å². The molecule has 0 atom stereocenters. The first-order chi connectivity index (χ1) is 12.9. The zero-order valence-electron chi connectivity index (χ0n) is 16.3. The average Bonchev–Trinajstić information content (AvgIpc) is 2.58. The van der Waals surface area contributed by atoms with E-state index in [0.29, 0.717) is 11.3 Å². The van der Waals surface area contributed by atoms with E-state index in [4.69, 9.17) is 0 Å². The van der Waals surface area contributed by atoms with Crippen molar-refractivity contribution in [2.75, 3.05) is 0 Å². The largest absolute Gasteiger partial charge is 0.350 e. The first-order valence-electron chi connectivity index (χ1n) is 10.1. The van der Waals surface area contributed by atoms with Gasteiger partial charge in [0.05, 0.1) is 6.42 Å². The fraction of sp³-hybridized carbons (Fsp3) is 0.591. The molecule has 0 aliphatic heterocycles. The second kappa shape index (κ2) is 7.10. The van der Waals surface area contributed by atoms with E-state index in [2.05, 4.69) is 15.8 Å². The van der Waals surface area contributed by atoms with Crippen LogP contribution in [-0.2, 0) is 4.79 Å². The smallest absolute Gasteiger partial charge is 0.271 e. The van der Waals surface area contributed by atoms with Gasteiger partial charge in [-0.15, -0.1) is 0 Å². The third-order valence-electron chi connectivity index (χ3n) is 6.52. The number of rotatable bonds is 5. The Morgan fingerprint density at radius 2 is 1.59 bits per heavy atom. The van der Waals surface area contributed by atoms with Crippen molar-refractivity contribution >= 4 is 17.5 Å². The number of carbonyl (C=O) groups excluding carboxylic acids is 2. The van der Waals surface area contributed by atoms with E-state index in [9.17, 15) is 9.59 Å². The summed E-state index contributed by atoms with van der Waals surface area (Å²) in [4.78, 5) is 24.7. The molecule has 0 spiro atoms. The highest BCUT2D eigenvalue weighted by molar-refractivity contribution is 6.01.